The maximum atomic E-state index is 6.93. The molecule has 0 saturated heterocycles. The maximum Gasteiger partial charge on any atom is 0.135 e. The summed E-state index contributed by atoms with van der Waals surface area (Å²) in [4.78, 5) is 4.84. The zero-order chi connectivity index (χ0) is 41.7. The van der Waals surface area contributed by atoms with Crippen molar-refractivity contribution in [2.24, 2.45) is 0 Å². The van der Waals surface area contributed by atoms with Crippen molar-refractivity contribution in [3.8, 4) is 33.8 Å². The summed E-state index contributed by atoms with van der Waals surface area (Å²) in [7, 11) is 0. The van der Waals surface area contributed by atoms with E-state index in [1.807, 2.05) is 0 Å². The molecule has 1 aliphatic carbocycles. The molecule has 8 aromatic carbocycles. The molecule has 1 saturated carbocycles. The number of fused-ring (bicyclic) bond motifs is 6. The fourth-order valence-corrected chi connectivity index (χ4v) is 10.7. The van der Waals surface area contributed by atoms with Gasteiger partial charge in [0, 0.05) is 33.3 Å². The first kappa shape index (κ1) is 36.7. The lowest BCUT2D eigenvalue weighted by Gasteiger charge is -2.42. The lowest BCUT2D eigenvalue weighted by molar-refractivity contribution is 0.473. The van der Waals surface area contributed by atoms with E-state index in [4.69, 9.17) is 4.74 Å². The van der Waals surface area contributed by atoms with E-state index in [0.717, 1.165) is 46.8 Å². The fourth-order valence-electron chi connectivity index (χ4n) is 10.7. The van der Waals surface area contributed by atoms with Gasteiger partial charge in [0.25, 0.3) is 0 Å². The summed E-state index contributed by atoms with van der Waals surface area (Å²) < 4.78 is 6.93. The lowest BCUT2D eigenvalue weighted by Crippen LogP contribution is -2.30. The van der Waals surface area contributed by atoms with Gasteiger partial charge in [-0.1, -0.05) is 142 Å². The summed E-state index contributed by atoms with van der Waals surface area (Å²) in [5.74, 6) is 1.85. The number of allylic oxidation sites excluding steroid dienone is 1. The van der Waals surface area contributed by atoms with E-state index in [9.17, 15) is 0 Å². The van der Waals surface area contributed by atoms with Crippen LogP contribution >= 0.6 is 0 Å². The predicted octanol–water partition coefficient (Wildman–Crippen LogP) is 16.3. The van der Waals surface area contributed by atoms with Crippen molar-refractivity contribution < 1.29 is 4.74 Å². The second-order valence-electron chi connectivity index (χ2n) is 18.4. The Hall–Kier alpha value is -7.10. The summed E-state index contributed by atoms with van der Waals surface area (Å²) in [6.07, 6.45) is 3.52. The van der Waals surface area contributed by atoms with Crippen LogP contribution in [0.25, 0.3) is 27.8 Å². The molecular weight excluding hydrogens is 753 g/mol. The normalized spacial score (nSPS) is 16.1. The van der Waals surface area contributed by atoms with Crippen molar-refractivity contribution in [3.63, 3.8) is 0 Å². The topological polar surface area (TPSA) is 15.7 Å². The van der Waals surface area contributed by atoms with Crippen LogP contribution in [0, 0.1) is 0 Å². The summed E-state index contributed by atoms with van der Waals surface area (Å²) in [5.41, 5.74) is 22.3. The molecule has 300 valence electrons. The lowest BCUT2D eigenvalue weighted by atomic mass is 9.73. The minimum Gasteiger partial charge on any atom is -0.456 e. The number of benzene rings is 8. The number of hydrogen-bond donors (Lipinski definition) is 0. The number of rotatable bonds is 4. The monoisotopic (exact) mass is 800 g/mol. The highest BCUT2D eigenvalue weighted by Gasteiger charge is 2.38. The average molecular weight is 801 g/mol. The predicted molar refractivity (Wildman–Crippen MR) is 257 cm³/mol. The summed E-state index contributed by atoms with van der Waals surface area (Å²) >= 11 is 0. The van der Waals surface area contributed by atoms with Crippen molar-refractivity contribution in [3.05, 3.63) is 221 Å². The first-order chi connectivity index (χ1) is 30.3. The molecule has 62 heavy (non-hydrogen) atoms. The van der Waals surface area contributed by atoms with Crippen LogP contribution < -0.4 is 14.5 Å². The Morgan fingerprint density at radius 3 is 1.06 bits per heavy atom. The molecule has 3 heterocycles. The van der Waals surface area contributed by atoms with Gasteiger partial charge in [0.05, 0.1) is 22.7 Å². The van der Waals surface area contributed by atoms with E-state index in [0.29, 0.717) is 0 Å². The van der Waals surface area contributed by atoms with Gasteiger partial charge in [-0.25, -0.2) is 0 Å². The van der Waals surface area contributed by atoms with Crippen LogP contribution in [0.3, 0.4) is 0 Å². The Bertz CT molecular complexity index is 2830. The minimum atomic E-state index is -0.0871. The van der Waals surface area contributed by atoms with Crippen LogP contribution in [-0.2, 0) is 10.8 Å². The molecule has 0 aromatic heterocycles. The van der Waals surface area contributed by atoms with Crippen molar-refractivity contribution in [2.75, 3.05) is 9.80 Å². The Labute approximate surface area is 365 Å². The molecule has 3 heteroatoms. The second kappa shape index (κ2) is 13.7. The van der Waals surface area contributed by atoms with Gasteiger partial charge >= 0.3 is 0 Å². The standard InChI is InChI=1S/C59H48N2O/c1-58(2)47-16-5-9-20-51(47)60(52-21-10-6-17-48(52)58)43-30-24-38(25-31-43)41-28-34-45-55(36-41)62-56-37-42(29-35-46(56)57(45)40-14-13-15-40)39-26-32-44(33-27-39)61-53-22-11-7-18-49(53)59(3,4)50-19-8-12-23-54(50)61/h5-12,16-37H,13-15H2,1-4H3. The highest BCUT2D eigenvalue weighted by atomic mass is 16.5. The average Bonchev–Trinajstić information content (AvgIpc) is 3.29. The maximum absolute atomic E-state index is 6.93. The number of hydrogen-bond acceptors (Lipinski definition) is 3. The highest BCUT2D eigenvalue weighted by Crippen LogP contribution is 2.54. The number of anilines is 6. The van der Waals surface area contributed by atoms with E-state index < -0.39 is 0 Å². The van der Waals surface area contributed by atoms with E-state index in [1.165, 1.54) is 84.8 Å². The molecule has 8 aromatic rings. The Morgan fingerprint density at radius 2 is 0.726 bits per heavy atom. The second-order valence-corrected chi connectivity index (χ2v) is 18.4. The van der Waals surface area contributed by atoms with Gasteiger partial charge in [-0.05, 0) is 142 Å². The zero-order valence-corrected chi connectivity index (χ0v) is 35.7. The van der Waals surface area contributed by atoms with Crippen molar-refractivity contribution in [2.45, 2.75) is 57.8 Å². The van der Waals surface area contributed by atoms with Crippen molar-refractivity contribution in [1.82, 2.24) is 0 Å². The first-order valence-electron chi connectivity index (χ1n) is 22.1. The van der Waals surface area contributed by atoms with Gasteiger partial charge in [-0.3, -0.25) is 0 Å². The number of para-hydroxylation sites is 4. The van der Waals surface area contributed by atoms with Gasteiger partial charge in [0.1, 0.15) is 11.5 Å². The third-order valence-electron chi connectivity index (χ3n) is 14.2. The van der Waals surface area contributed by atoms with E-state index in [1.54, 1.807) is 0 Å². The van der Waals surface area contributed by atoms with Crippen LogP contribution in [0.1, 0.15) is 80.3 Å². The summed E-state index contributed by atoms with van der Waals surface area (Å²) in [6.45, 7) is 9.34. The Morgan fingerprint density at radius 1 is 0.387 bits per heavy atom. The minimum absolute atomic E-state index is 0.0871. The van der Waals surface area contributed by atoms with Gasteiger partial charge in [0.15, 0.2) is 0 Å². The third kappa shape index (κ3) is 5.50. The largest absolute Gasteiger partial charge is 0.456 e. The molecule has 0 radical (unpaired) electrons. The van der Waals surface area contributed by atoms with Gasteiger partial charge in [0.2, 0.25) is 0 Å². The van der Waals surface area contributed by atoms with Crippen LogP contribution in [0.2, 0.25) is 0 Å². The molecule has 0 amide bonds. The van der Waals surface area contributed by atoms with Crippen LogP contribution in [-0.4, -0.2) is 0 Å². The number of nitrogens with zero attached hydrogens (tertiary/aromatic N) is 2. The SMILES string of the molecule is CC1(C)c2ccccc2N(c2ccc(-c3ccc4c(c3)Oc3cc(-c5ccc(N6c7ccccc7C(C)(C)c7ccccc76)cc5)ccc3C4=C3CCC3)cc2)c2ccccc21. The smallest absolute Gasteiger partial charge is 0.135 e. The van der Waals surface area contributed by atoms with E-state index in [-0.39, 0.29) is 10.8 Å². The van der Waals surface area contributed by atoms with Gasteiger partial charge < -0.3 is 14.5 Å². The Kier molecular flexibility index (Phi) is 8.12. The third-order valence-corrected chi connectivity index (χ3v) is 14.2. The molecule has 1 fully saturated rings. The van der Waals surface area contributed by atoms with Crippen LogP contribution in [0.4, 0.5) is 34.1 Å². The molecule has 4 aliphatic rings. The highest BCUT2D eigenvalue weighted by molar-refractivity contribution is 5.93. The van der Waals surface area contributed by atoms with Gasteiger partial charge in [-0.2, -0.15) is 0 Å². The molecular formula is C59H48N2O. The quantitative estimate of drug-likeness (QED) is 0.176. The molecule has 0 N–H and O–H groups in total. The molecule has 3 aliphatic heterocycles. The fraction of sp³-hybridized carbons (Fsp3) is 0.153. The molecule has 0 unspecified atom stereocenters. The van der Waals surface area contributed by atoms with Crippen LogP contribution in [0.5, 0.6) is 11.5 Å². The first-order valence-corrected chi connectivity index (χ1v) is 22.1. The van der Waals surface area contributed by atoms with E-state index >= 15 is 0 Å². The summed E-state index contributed by atoms with van der Waals surface area (Å²) in [6, 6.07) is 67.0. The molecule has 0 bridgehead atoms. The van der Waals surface area contributed by atoms with Crippen molar-refractivity contribution >= 4 is 39.7 Å². The Balaban J connectivity index is 0.870. The molecule has 0 spiro atoms. The van der Waals surface area contributed by atoms with Crippen LogP contribution in [0.15, 0.2) is 188 Å². The van der Waals surface area contributed by atoms with E-state index in [2.05, 4.69) is 219 Å². The number of ether oxygens (including phenoxy) is 1. The zero-order valence-electron chi connectivity index (χ0n) is 35.7. The molecule has 0 atom stereocenters. The molecule has 12 rings (SSSR count). The van der Waals surface area contributed by atoms with Crippen molar-refractivity contribution in [1.29, 1.82) is 0 Å². The summed E-state index contributed by atoms with van der Waals surface area (Å²) in [5, 5.41) is 0. The molecule has 3 nitrogen and oxygen atoms in total. The van der Waals surface area contributed by atoms with Gasteiger partial charge in [-0.15, -0.1) is 0 Å².